The number of rotatable bonds is 5. The van der Waals surface area contributed by atoms with E-state index in [-0.39, 0.29) is 5.41 Å². The van der Waals surface area contributed by atoms with Crippen molar-refractivity contribution < 1.29 is 0 Å². The minimum Gasteiger partial charge on any atom is -0.0654 e. The van der Waals surface area contributed by atoms with Crippen LogP contribution in [0, 0.1) is 6.92 Å². The van der Waals surface area contributed by atoms with Crippen molar-refractivity contribution >= 4 is 0 Å². The maximum Gasteiger partial charge on any atom is -0.00468 e. The summed E-state index contributed by atoms with van der Waals surface area (Å²) in [5, 5.41) is 0. The van der Waals surface area contributed by atoms with Crippen LogP contribution < -0.4 is 0 Å². The highest BCUT2D eigenvalue weighted by atomic mass is 14.3. The maximum atomic E-state index is 4.42. The summed E-state index contributed by atoms with van der Waals surface area (Å²) in [6, 6.07) is 10.7. The molecule has 0 saturated heterocycles. The number of benzene rings is 1. The molecule has 0 aliphatic heterocycles. The molecular weight excluding hydrogens is 168 g/mol. The first-order valence-corrected chi connectivity index (χ1v) is 5.64. The highest BCUT2D eigenvalue weighted by Gasteiger charge is 2.23. The van der Waals surface area contributed by atoms with Crippen molar-refractivity contribution in [2.24, 2.45) is 0 Å². The average molecular weight is 189 g/mol. The molecule has 0 heterocycles. The van der Waals surface area contributed by atoms with Crippen LogP contribution in [0.2, 0.25) is 0 Å². The Bertz CT molecular complexity index is 242. The molecule has 0 atom stereocenters. The van der Waals surface area contributed by atoms with Gasteiger partial charge in [0.25, 0.3) is 0 Å². The van der Waals surface area contributed by atoms with E-state index in [1.54, 1.807) is 0 Å². The second-order valence-electron chi connectivity index (χ2n) is 4.15. The lowest BCUT2D eigenvalue weighted by Crippen LogP contribution is -2.21. The summed E-state index contributed by atoms with van der Waals surface area (Å²) in [5.41, 5.74) is 1.54. The Labute approximate surface area is 88.4 Å². The fraction of sp³-hybridized carbons (Fsp3) is 0.500. The highest BCUT2D eigenvalue weighted by molar-refractivity contribution is 5.26. The zero-order valence-corrected chi connectivity index (χ0v) is 9.42. The summed E-state index contributed by atoms with van der Waals surface area (Å²) in [7, 11) is 0. The molecule has 14 heavy (non-hydrogen) atoms. The van der Waals surface area contributed by atoms with Crippen LogP contribution in [0.5, 0.6) is 0 Å². The lowest BCUT2D eigenvalue weighted by atomic mass is 9.75. The van der Waals surface area contributed by atoms with Gasteiger partial charge < -0.3 is 0 Å². The zero-order chi connectivity index (χ0) is 10.4. The molecule has 0 aliphatic carbocycles. The average Bonchev–Trinajstić information content (AvgIpc) is 2.20. The molecule has 1 radical (unpaired) electrons. The Hall–Kier alpha value is -0.780. The minimum absolute atomic E-state index is 0.144. The first kappa shape index (κ1) is 11.3. The standard InChI is InChI=1S/C14H21/c1-4-11-14(3,12-5-2)13-9-7-6-8-10-13/h6-10H,3-5,11-12H2,1-2H3. The van der Waals surface area contributed by atoms with Crippen molar-refractivity contribution in [3.05, 3.63) is 42.8 Å². The lowest BCUT2D eigenvalue weighted by Gasteiger charge is -2.29. The smallest absolute Gasteiger partial charge is 0.00468 e. The maximum absolute atomic E-state index is 4.42. The molecule has 0 amide bonds. The molecule has 77 valence electrons. The van der Waals surface area contributed by atoms with Gasteiger partial charge in [0, 0.05) is 0 Å². The van der Waals surface area contributed by atoms with E-state index >= 15 is 0 Å². The molecule has 0 aliphatic rings. The molecule has 0 unspecified atom stereocenters. The Balaban J connectivity index is 2.87. The zero-order valence-electron chi connectivity index (χ0n) is 9.42. The van der Waals surface area contributed by atoms with Crippen molar-refractivity contribution in [3.63, 3.8) is 0 Å². The van der Waals surface area contributed by atoms with Gasteiger partial charge in [-0.15, -0.1) is 0 Å². The second kappa shape index (κ2) is 5.19. The topological polar surface area (TPSA) is 0 Å². The van der Waals surface area contributed by atoms with E-state index in [2.05, 4.69) is 51.1 Å². The normalized spacial score (nSPS) is 11.6. The monoisotopic (exact) mass is 189 g/mol. The van der Waals surface area contributed by atoms with Crippen LogP contribution in [-0.4, -0.2) is 0 Å². The van der Waals surface area contributed by atoms with Crippen LogP contribution in [-0.2, 0) is 5.41 Å². The summed E-state index contributed by atoms with van der Waals surface area (Å²) in [5.74, 6) is 0. The number of hydrogen-bond acceptors (Lipinski definition) is 0. The van der Waals surface area contributed by atoms with Crippen LogP contribution >= 0.6 is 0 Å². The first-order valence-electron chi connectivity index (χ1n) is 5.64. The molecule has 0 bridgehead atoms. The Morgan fingerprint density at radius 1 is 1.00 bits per heavy atom. The van der Waals surface area contributed by atoms with E-state index in [9.17, 15) is 0 Å². The van der Waals surface area contributed by atoms with Crippen LogP contribution in [0.4, 0.5) is 0 Å². The van der Waals surface area contributed by atoms with E-state index in [0.717, 1.165) is 0 Å². The van der Waals surface area contributed by atoms with E-state index in [4.69, 9.17) is 0 Å². The molecule has 0 N–H and O–H groups in total. The van der Waals surface area contributed by atoms with Gasteiger partial charge in [0.1, 0.15) is 0 Å². The molecule has 1 aromatic rings. The molecule has 0 spiro atoms. The lowest BCUT2D eigenvalue weighted by molar-refractivity contribution is 0.438. The summed E-state index contributed by atoms with van der Waals surface area (Å²) >= 11 is 0. The molecule has 1 rings (SSSR count). The van der Waals surface area contributed by atoms with Gasteiger partial charge in [-0.2, -0.15) is 0 Å². The summed E-state index contributed by atoms with van der Waals surface area (Å²) in [4.78, 5) is 0. The Morgan fingerprint density at radius 3 is 1.93 bits per heavy atom. The predicted molar refractivity (Wildman–Crippen MR) is 63.3 cm³/mol. The fourth-order valence-corrected chi connectivity index (χ4v) is 2.16. The van der Waals surface area contributed by atoms with E-state index < -0.39 is 0 Å². The van der Waals surface area contributed by atoms with Gasteiger partial charge in [-0.1, -0.05) is 57.0 Å². The third-order valence-electron chi connectivity index (χ3n) is 2.84. The molecule has 0 heteroatoms. The van der Waals surface area contributed by atoms with Gasteiger partial charge in [-0.25, -0.2) is 0 Å². The third kappa shape index (κ3) is 2.60. The van der Waals surface area contributed by atoms with Crippen molar-refractivity contribution in [3.8, 4) is 0 Å². The highest BCUT2D eigenvalue weighted by Crippen LogP contribution is 2.32. The summed E-state index contributed by atoms with van der Waals surface area (Å²) in [6.07, 6.45) is 4.78. The van der Waals surface area contributed by atoms with Crippen LogP contribution in [0.25, 0.3) is 0 Å². The van der Waals surface area contributed by atoms with E-state index in [1.807, 2.05) is 0 Å². The van der Waals surface area contributed by atoms with Gasteiger partial charge in [0.2, 0.25) is 0 Å². The Kier molecular flexibility index (Phi) is 4.19. The molecule has 0 saturated carbocycles. The van der Waals surface area contributed by atoms with Gasteiger partial charge in [-0.3, -0.25) is 0 Å². The number of hydrogen-bond donors (Lipinski definition) is 0. The van der Waals surface area contributed by atoms with Gasteiger partial charge in [0.05, 0.1) is 0 Å². The molecular formula is C14H21. The fourth-order valence-electron chi connectivity index (χ4n) is 2.16. The molecule has 0 nitrogen and oxygen atoms in total. The van der Waals surface area contributed by atoms with Crippen molar-refractivity contribution in [1.29, 1.82) is 0 Å². The third-order valence-corrected chi connectivity index (χ3v) is 2.84. The van der Waals surface area contributed by atoms with Gasteiger partial charge in [0.15, 0.2) is 0 Å². The van der Waals surface area contributed by atoms with Gasteiger partial charge >= 0.3 is 0 Å². The van der Waals surface area contributed by atoms with Crippen LogP contribution in [0.15, 0.2) is 30.3 Å². The molecule has 0 aromatic heterocycles. The summed E-state index contributed by atoms with van der Waals surface area (Å²) < 4.78 is 0. The van der Waals surface area contributed by atoms with Crippen LogP contribution in [0.3, 0.4) is 0 Å². The first-order chi connectivity index (χ1) is 6.73. The predicted octanol–water partition coefficient (Wildman–Crippen LogP) is 4.36. The molecule has 1 aromatic carbocycles. The summed E-state index contributed by atoms with van der Waals surface area (Å²) in [6.45, 7) is 8.89. The largest absolute Gasteiger partial charge is 0.0654 e. The van der Waals surface area contributed by atoms with Crippen molar-refractivity contribution in [1.82, 2.24) is 0 Å². The van der Waals surface area contributed by atoms with E-state index in [1.165, 1.54) is 31.2 Å². The molecule has 0 fully saturated rings. The van der Waals surface area contributed by atoms with Crippen molar-refractivity contribution in [2.45, 2.75) is 44.9 Å². The quantitative estimate of drug-likeness (QED) is 0.645. The van der Waals surface area contributed by atoms with Gasteiger partial charge in [-0.05, 0) is 30.7 Å². The second-order valence-corrected chi connectivity index (χ2v) is 4.15. The Morgan fingerprint density at radius 2 is 1.50 bits per heavy atom. The van der Waals surface area contributed by atoms with Crippen LogP contribution in [0.1, 0.15) is 45.1 Å². The minimum atomic E-state index is 0.144. The van der Waals surface area contributed by atoms with Crippen molar-refractivity contribution in [2.75, 3.05) is 0 Å². The SMILES string of the molecule is [CH2]C(CCC)(CCC)c1ccccc1. The van der Waals surface area contributed by atoms with E-state index in [0.29, 0.717) is 0 Å².